The number of hydrogen-bond donors (Lipinski definition) is 0. The molecule has 144 valence electrons. The largest absolute Gasteiger partial charge is 0.418 e. The van der Waals surface area contributed by atoms with Gasteiger partial charge in [-0.3, -0.25) is 4.68 Å². The molecule has 4 aromatic rings. The Morgan fingerprint density at radius 2 is 2.00 bits per heavy atom. The number of alkyl halides is 3. The Kier molecular flexibility index (Phi) is 3.84. The molecular weight excluding hydrogens is 393 g/mol. The van der Waals surface area contributed by atoms with E-state index in [2.05, 4.69) is 20.2 Å². The quantitative estimate of drug-likeness (QED) is 0.466. The Morgan fingerprint density at radius 3 is 2.71 bits per heavy atom. The number of aromatic nitrogens is 6. The average molecular weight is 407 g/mol. The Morgan fingerprint density at radius 1 is 1.18 bits per heavy atom. The molecule has 6 nitrogen and oxygen atoms in total. The Labute approximate surface area is 162 Å². The fourth-order valence-corrected chi connectivity index (χ4v) is 3.67. The fourth-order valence-electron chi connectivity index (χ4n) is 3.47. The maximum Gasteiger partial charge on any atom is 0.418 e. The van der Waals surface area contributed by atoms with Gasteiger partial charge in [0.05, 0.1) is 22.8 Å². The van der Waals surface area contributed by atoms with Crippen LogP contribution in [0.15, 0.2) is 30.6 Å². The zero-order valence-electron chi connectivity index (χ0n) is 14.5. The van der Waals surface area contributed by atoms with Crippen LogP contribution in [0.2, 0.25) is 5.28 Å². The number of para-hydroxylation sites is 1. The minimum Gasteiger partial charge on any atom is -0.272 e. The molecule has 0 bridgehead atoms. The van der Waals surface area contributed by atoms with E-state index in [-0.39, 0.29) is 21.8 Å². The van der Waals surface area contributed by atoms with Crippen molar-refractivity contribution < 1.29 is 13.2 Å². The lowest BCUT2D eigenvalue weighted by atomic mass is 9.85. The van der Waals surface area contributed by atoms with Crippen molar-refractivity contribution in [1.82, 2.24) is 29.4 Å². The zero-order valence-corrected chi connectivity index (χ0v) is 15.2. The number of halogens is 4. The molecule has 3 heterocycles. The third kappa shape index (κ3) is 2.81. The van der Waals surface area contributed by atoms with Crippen LogP contribution in [0.5, 0.6) is 0 Å². The topological polar surface area (TPSA) is 60.9 Å². The minimum atomic E-state index is -4.54. The van der Waals surface area contributed by atoms with E-state index in [1.165, 1.54) is 35.9 Å². The van der Waals surface area contributed by atoms with Crippen LogP contribution < -0.4 is 0 Å². The summed E-state index contributed by atoms with van der Waals surface area (Å²) in [6.07, 6.45) is 2.62. The molecule has 1 aliphatic rings. The van der Waals surface area contributed by atoms with E-state index in [4.69, 9.17) is 11.6 Å². The van der Waals surface area contributed by atoms with E-state index in [0.29, 0.717) is 17.3 Å². The highest BCUT2D eigenvalue weighted by Gasteiger charge is 2.34. The first-order valence-electron chi connectivity index (χ1n) is 8.85. The Hall–Kier alpha value is -2.68. The summed E-state index contributed by atoms with van der Waals surface area (Å²) in [5.74, 6) is 0.985. The fraction of sp³-hybridized carbons (Fsp3) is 0.333. The van der Waals surface area contributed by atoms with Crippen LogP contribution in [0, 0.1) is 5.92 Å². The normalized spacial score (nSPS) is 15.4. The SMILES string of the molecule is FC(F)(F)c1cccc2c1nc(Cl)n1nc(-c3cnn(CC4CCC4)c3)nc21. The lowest BCUT2D eigenvalue weighted by Gasteiger charge is -2.24. The van der Waals surface area contributed by atoms with Crippen LogP contribution in [0.3, 0.4) is 0 Å². The number of nitrogens with zero attached hydrogens (tertiary/aromatic N) is 6. The van der Waals surface area contributed by atoms with E-state index in [0.717, 1.165) is 12.6 Å². The van der Waals surface area contributed by atoms with Gasteiger partial charge in [0, 0.05) is 18.1 Å². The molecule has 10 heteroatoms. The summed E-state index contributed by atoms with van der Waals surface area (Å²) in [6, 6.07) is 3.83. The number of rotatable bonds is 3. The zero-order chi connectivity index (χ0) is 19.5. The van der Waals surface area contributed by atoms with Crippen LogP contribution in [-0.4, -0.2) is 29.4 Å². The highest BCUT2D eigenvalue weighted by Crippen LogP contribution is 2.36. The summed E-state index contributed by atoms with van der Waals surface area (Å²) < 4.78 is 43.1. The van der Waals surface area contributed by atoms with Crippen molar-refractivity contribution in [1.29, 1.82) is 0 Å². The molecule has 1 saturated carbocycles. The lowest BCUT2D eigenvalue weighted by Crippen LogP contribution is -2.18. The average Bonchev–Trinajstić information content (AvgIpc) is 3.24. The summed E-state index contributed by atoms with van der Waals surface area (Å²) >= 11 is 6.12. The molecule has 0 atom stereocenters. The molecule has 1 fully saturated rings. The summed E-state index contributed by atoms with van der Waals surface area (Å²) in [5.41, 5.74) is -0.193. The summed E-state index contributed by atoms with van der Waals surface area (Å²) in [4.78, 5) is 8.35. The molecule has 0 saturated heterocycles. The number of benzene rings is 1. The van der Waals surface area contributed by atoms with Gasteiger partial charge in [-0.05, 0) is 42.5 Å². The van der Waals surface area contributed by atoms with Crippen LogP contribution in [0.1, 0.15) is 24.8 Å². The van der Waals surface area contributed by atoms with E-state index in [9.17, 15) is 13.2 Å². The van der Waals surface area contributed by atoms with Gasteiger partial charge in [0.25, 0.3) is 0 Å². The van der Waals surface area contributed by atoms with Gasteiger partial charge in [0.1, 0.15) is 0 Å². The first-order valence-corrected chi connectivity index (χ1v) is 9.23. The number of hydrogen-bond acceptors (Lipinski definition) is 4. The third-order valence-electron chi connectivity index (χ3n) is 5.13. The Bertz CT molecular complexity index is 1190. The Balaban J connectivity index is 1.62. The molecule has 1 aliphatic carbocycles. The second-order valence-electron chi connectivity index (χ2n) is 7.00. The second-order valence-corrected chi connectivity index (χ2v) is 7.34. The van der Waals surface area contributed by atoms with Crippen molar-refractivity contribution in [2.75, 3.05) is 0 Å². The van der Waals surface area contributed by atoms with Crippen molar-refractivity contribution in [3.8, 4) is 11.4 Å². The van der Waals surface area contributed by atoms with Gasteiger partial charge in [-0.1, -0.05) is 12.5 Å². The van der Waals surface area contributed by atoms with Crippen molar-refractivity contribution in [3.05, 3.63) is 41.4 Å². The van der Waals surface area contributed by atoms with Gasteiger partial charge >= 0.3 is 6.18 Å². The third-order valence-corrected chi connectivity index (χ3v) is 5.37. The molecule has 0 amide bonds. The molecule has 0 radical (unpaired) electrons. The molecule has 28 heavy (non-hydrogen) atoms. The van der Waals surface area contributed by atoms with Gasteiger partial charge in [0.15, 0.2) is 11.5 Å². The highest BCUT2D eigenvalue weighted by atomic mass is 35.5. The van der Waals surface area contributed by atoms with Gasteiger partial charge in [0.2, 0.25) is 5.28 Å². The summed E-state index contributed by atoms with van der Waals surface area (Å²) in [5, 5.41) is 8.73. The van der Waals surface area contributed by atoms with E-state index in [1.807, 2.05) is 10.9 Å². The molecular formula is C18H14ClF3N6. The molecule has 5 rings (SSSR count). The van der Waals surface area contributed by atoms with Gasteiger partial charge in [-0.2, -0.15) is 22.8 Å². The predicted octanol–water partition coefficient (Wildman–Crippen LogP) is 4.61. The molecule has 0 unspecified atom stereocenters. The molecule has 0 spiro atoms. The van der Waals surface area contributed by atoms with Crippen LogP contribution in [-0.2, 0) is 12.7 Å². The standard InChI is InChI=1S/C18H14ClF3N6/c19-17-24-14-12(5-2-6-13(14)18(20,21)22)16-25-15(26-28(16)17)11-7-23-27(9-11)8-10-3-1-4-10/h2,5-7,9-10H,1,3-4,8H2. The molecule has 0 N–H and O–H groups in total. The highest BCUT2D eigenvalue weighted by molar-refractivity contribution is 6.29. The van der Waals surface area contributed by atoms with Crippen molar-refractivity contribution in [2.45, 2.75) is 32.0 Å². The van der Waals surface area contributed by atoms with Crippen LogP contribution in [0.4, 0.5) is 13.2 Å². The van der Waals surface area contributed by atoms with Crippen LogP contribution in [0.25, 0.3) is 27.9 Å². The van der Waals surface area contributed by atoms with Crippen molar-refractivity contribution in [3.63, 3.8) is 0 Å². The smallest absolute Gasteiger partial charge is 0.272 e. The van der Waals surface area contributed by atoms with Crippen molar-refractivity contribution in [2.24, 2.45) is 5.92 Å². The minimum absolute atomic E-state index is 0.181. The lowest BCUT2D eigenvalue weighted by molar-refractivity contribution is -0.136. The molecule has 3 aromatic heterocycles. The van der Waals surface area contributed by atoms with E-state index in [1.54, 1.807) is 6.20 Å². The van der Waals surface area contributed by atoms with Crippen LogP contribution >= 0.6 is 11.6 Å². The van der Waals surface area contributed by atoms with Gasteiger partial charge < -0.3 is 0 Å². The van der Waals surface area contributed by atoms with Gasteiger partial charge in [-0.15, -0.1) is 5.10 Å². The maximum atomic E-state index is 13.3. The number of fused-ring (bicyclic) bond motifs is 3. The first kappa shape index (κ1) is 17.4. The van der Waals surface area contributed by atoms with Gasteiger partial charge in [-0.25, -0.2) is 9.97 Å². The summed E-state index contributed by atoms with van der Waals surface area (Å²) in [6.45, 7) is 0.841. The monoisotopic (exact) mass is 406 g/mol. The first-order chi connectivity index (χ1) is 13.4. The predicted molar refractivity (Wildman–Crippen MR) is 96.9 cm³/mol. The molecule has 0 aliphatic heterocycles. The molecule has 1 aromatic carbocycles. The van der Waals surface area contributed by atoms with Crippen molar-refractivity contribution >= 4 is 28.2 Å². The van der Waals surface area contributed by atoms with E-state index < -0.39 is 11.7 Å². The second kappa shape index (κ2) is 6.16. The van der Waals surface area contributed by atoms with E-state index >= 15 is 0 Å². The maximum absolute atomic E-state index is 13.3. The summed E-state index contributed by atoms with van der Waals surface area (Å²) in [7, 11) is 0.